The van der Waals surface area contributed by atoms with E-state index in [1.807, 2.05) is 12.1 Å². The molecular weight excluding hydrogens is 382 g/mol. The van der Waals surface area contributed by atoms with Crippen molar-refractivity contribution in [2.45, 2.75) is 31.8 Å². The summed E-state index contributed by atoms with van der Waals surface area (Å²) in [5, 5.41) is 12.6. The minimum absolute atomic E-state index is 0.110. The van der Waals surface area contributed by atoms with E-state index < -0.39 is 5.60 Å². The van der Waals surface area contributed by atoms with Crippen molar-refractivity contribution in [3.63, 3.8) is 0 Å². The predicted octanol–water partition coefficient (Wildman–Crippen LogP) is 4.91. The molecule has 1 aliphatic heterocycles. The number of morpholine rings is 1. The number of benzene rings is 3. The molecule has 3 aromatic carbocycles. The van der Waals surface area contributed by atoms with Gasteiger partial charge in [-0.05, 0) is 35.6 Å². The molecule has 0 aromatic heterocycles. The Morgan fingerprint density at radius 2 is 1.61 bits per heavy atom. The smallest absolute Gasteiger partial charge is 0.123 e. The Morgan fingerprint density at radius 3 is 2.26 bits per heavy atom. The number of rotatable bonds is 7. The lowest BCUT2D eigenvalue weighted by Crippen LogP contribution is -2.45. The molecule has 0 saturated carbocycles. The standard InChI is InChI=1S/C28H33NO2/c1-3-23-12-14-25(15-13-23)28(30,26-11-7-8-22(2)20-26)27(24-9-5-4-6-10-24)21-29-16-18-31-19-17-29/h4-15,20,27,30H,3,16-19,21H2,1-2H3/t27-,28+/m0/s1. The third-order valence-electron chi connectivity index (χ3n) is 6.51. The highest BCUT2D eigenvalue weighted by Crippen LogP contribution is 2.43. The quantitative estimate of drug-likeness (QED) is 0.595. The highest BCUT2D eigenvalue weighted by atomic mass is 16.5. The molecule has 1 saturated heterocycles. The van der Waals surface area contributed by atoms with Gasteiger partial charge in [0.2, 0.25) is 0 Å². The zero-order valence-electron chi connectivity index (χ0n) is 18.6. The van der Waals surface area contributed by atoms with Crippen LogP contribution in [0.15, 0.2) is 78.9 Å². The van der Waals surface area contributed by atoms with Crippen molar-refractivity contribution in [2.24, 2.45) is 0 Å². The Hall–Kier alpha value is -2.46. The van der Waals surface area contributed by atoms with Gasteiger partial charge in [0.25, 0.3) is 0 Å². The molecule has 0 radical (unpaired) electrons. The van der Waals surface area contributed by atoms with Crippen LogP contribution < -0.4 is 0 Å². The first-order valence-corrected chi connectivity index (χ1v) is 11.3. The monoisotopic (exact) mass is 415 g/mol. The van der Waals surface area contributed by atoms with E-state index >= 15 is 0 Å². The van der Waals surface area contributed by atoms with Gasteiger partial charge in [0.15, 0.2) is 0 Å². The highest BCUT2D eigenvalue weighted by molar-refractivity contribution is 5.44. The third-order valence-corrected chi connectivity index (χ3v) is 6.51. The zero-order valence-corrected chi connectivity index (χ0v) is 18.6. The van der Waals surface area contributed by atoms with Crippen LogP contribution in [-0.2, 0) is 16.8 Å². The molecule has 3 heteroatoms. The van der Waals surface area contributed by atoms with Gasteiger partial charge in [-0.25, -0.2) is 0 Å². The first kappa shape index (κ1) is 21.8. The van der Waals surface area contributed by atoms with Crippen LogP contribution in [0.25, 0.3) is 0 Å². The number of nitrogens with zero attached hydrogens (tertiary/aromatic N) is 1. The number of aliphatic hydroxyl groups is 1. The Balaban J connectivity index is 1.86. The topological polar surface area (TPSA) is 32.7 Å². The second-order valence-corrected chi connectivity index (χ2v) is 8.56. The normalized spacial score (nSPS) is 17.8. The Kier molecular flexibility index (Phi) is 6.86. The van der Waals surface area contributed by atoms with Crippen molar-refractivity contribution >= 4 is 0 Å². The van der Waals surface area contributed by atoms with Crippen LogP contribution in [0.1, 0.15) is 40.7 Å². The molecule has 0 unspecified atom stereocenters. The maximum atomic E-state index is 12.6. The van der Waals surface area contributed by atoms with Crippen molar-refractivity contribution in [1.82, 2.24) is 4.90 Å². The molecule has 1 heterocycles. The van der Waals surface area contributed by atoms with Crippen LogP contribution in [0.2, 0.25) is 0 Å². The van der Waals surface area contributed by atoms with Crippen LogP contribution in [0.5, 0.6) is 0 Å². The summed E-state index contributed by atoms with van der Waals surface area (Å²) in [7, 11) is 0. The lowest BCUT2D eigenvalue weighted by Gasteiger charge is -2.41. The average molecular weight is 416 g/mol. The van der Waals surface area contributed by atoms with Crippen molar-refractivity contribution in [1.29, 1.82) is 0 Å². The van der Waals surface area contributed by atoms with Crippen LogP contribution in [0.4, 0.5) is 0 Å². The summed E-state index contributed by atoms with van der Waals surface area (Å²) < 4.78 is 5.58. The molecular formula is C28H33NO2. The van der Waals surface area contributed by atoms with Gasteiger partial charge in [-0.2, -0.15) is 0 Å². The van der Waals surface area contributed by atoms with Gasteiger partial charge >= 0.3 is 0 Å². The van der Waals surface area contributed by atoms with Gasteiger partial charge in [0.1, 0.15) is 5.60 Å². The molecule has 0 bridgehead atoms. The first-order chi connectivity index (χ1) is 15.1. The summed E-state index contributed by atoms with van der Waals surface area (Å²) in [6.45, 7) is 8.29. The van der Waals surface area contributed by atoms with Crippen LogP contribution in [0, 0.1) is 6.92 Å². The Morgan fingerprint density at radius 1 is 0.903 bits per heavy atom. The van der Waals surface area contributed by atoms with Gasteiger partial charge < -0.3 is 9.84 Å². The largest absolute Gasteiger partial charge is 0.380 e. The van der Waals surface area contributed by atoms with Crippen LogP contribution >= 0.6 is 0 Å². The molecule has 3 aromatic rings. The molecule has 31 heavy (non-hydrogen) atoms. The van der Waals surface area contributed by atoms with E-state index in [0.717, 1.165) is 61.5 Å². The van der Waals surface area contributed by atoms with E-state index in [-0.39, 0.29) is 5.92 Å². The van der Waals surface area contributed by atoms with Crippen molar-refractivity contribution in [2.75, 3.05) is 32.8 Å². The second kappa shape index (κ2) is 9.78. The zero-order chi connectivity index (χ0) is 21.7. The second-order valence-electron chi connectivity index (χ2n) is 8.56. The number of hydrogen-bond acceptors (Lipinski definition) is 3. The SMILES string of the molecule is CCc1ccc([C@@](O)(c2cccc(C)c2)[C@@H](CN2CCOCC2)c2ccccc2)cc1. The molecule has 2 atom stereocenters. The maximum absolute atomic E-state index is 12.6. The summed E-state index contributed by atoms with van der Waals surface area (Å²) >= 11 is 0. The summed E-state index contributed by atoms with van der Waals surface area (Å²) in [5.41, 5.74) is 4.32. The van der Waals surface area contributed by atoms with Gasteiger partial charge in [0, 0.05) is 25.6 Å². The minimum Gasteiger partial charge on any atom is -0.380 e. The van der Waals surface area contributed by atoms with E-state index in [1.54, 1.807) is 0 Å². The van der Waals surface area contributed by atoms with Gasteiger partial charge in [0.05, 0.1) is 13.2 Å². The minimum atomic E-state index is -1.14. The Bertz CT molecular complexity index is 964. The Labute approximate surface area is 186 Å². The van der Waals surface area contributed by atoms with Crippen molar-refractivity contribution in [3.05, 3.63) is 107 Å². The maximum Gasteiger partial charge on any atom is 0.123 e. The van der Waals surface area contributed by atoms with Crippen molar-refractivity contribution in [3.8, 4) is 0 Å². The molecule has 0 amide bonds. The average Bonchev–Trinajstić information content (AvgIpc) is 2.83. The van der Waals surface area contributed by atoms with E-state index in [0.29, 0.717) is 0 Å². The van der Waals surface area contributed by atoms with Crippen molar-refractivity contribution < 1.29 is 9.84 Å². The van der Waals surface area contributed by atoms with Crippen LogP contribution in [-0.4, -0.2) is 42.9 Å². The summed E-state index contributed by atoms with van der Waals surface area (Å²) in [5.74, 6) is -0.110. The van der Waals surface area contributed by atoms with E-state index in [1.165, 1.54) is 5.56 Å². The highest BCUT2D eigenvalue weighted by Gasteiger charge is 2.42. The number of aryl methyl sites for hydroxylation is 2. The first-order valence-electron chi connectivity index (χ1n) is 11.3. The van der Waals surface area contributed by atoms with Gasteiger partial charge in [-0.1, -0.05) is 91.3 Å². The fraction of sp³-hybridized carbons (Fsp3) is 0.357. The summed E-state index contributed by atoms with van der Waals surface area (Å²) in [4.78, 5) is 2.42. The van der Waals surface area contributed by atoms with E-state index in [9.17, 15) is 5.11 Å². The molecule has 162 valence electrons. The molecule has 3 nitrogen and oxygen atoms in total. The van der Waals surface area contributed by atoms with Gasteiger partial charge in [-0.15, -0.1) is 0 Å². The molecule has 1 fully saturated rings. The summed E-state index contributed by atoms with van der Waals surface area (Å²) in [6, 6.07) is 27.3. The fourth-order valence-electron chi connectivity index (χ4n) is 4.65. The lowest BCUT2D eigenvalue weighted by molar-refractivity contribution is 0.000742. The molecule has 0 aliphatic carbocycles. The van der Waals surface area contributed by atoms with E-state index in [2.05, 4.69) is 85.5 Å². The van der Waals surface area contributed by atoms with Gasteiger partial charge in [-0.3, -0.25) is 4.90 Å². The molecule has 0 spiro atoms. The number of hydrogen-bond donors (Lipinski definition) is 1. The number of ether oxygens (including phenoxy) is 1. The molecule has 4 rings (SSSR count). The fourth-order valence-corrected chi connectivity index (χ4v) is 4.65. The summed E-state index contributed by atoms with van der Waals surface area (Å²) in [6.07, 6.45) is 0.985. The molecule has 1 aliphatic rings. The van der Waals surface area contributed by atoms with E-state index in [4.69, 9.17) is 4.74 Å². The molecule has 1 N–H and O–H groups in total. The predicted molar refractivity (Wildman–Crippen MR) is 126 cm³/mol. The lowest BCUT2D eigenvalue weighted by atomic mass is 9.72. The third kappa shape index (κ3) is 4.74. The van der Waals surface area contributed by atoms with Crippen LogP contribution in [0.3, 0.4) is 0 Å².